The summed E-state index contributed by atoms with van der Waals surface area (Å²) >= 11 is 0. The van der Waals surface area contributed by atoms with Gasteiger partial charge in [0.25, 0.3) is 0 Å². The highest BCUT2D eigenvalue weighted by molar-refractivity contribution is 7.58. The van der Waals surface area contributed by atoms with Crippen LogP contribution in [0.1, 0.15) is 10.4 Å². The van der Waals surface area contributed by atoms with Gasteiger partial charge < -0.3 is 0 Å². The normalized spacial score (nSPS) is 10.5. The second-order valence-corrected chi connectivity index (χ2v) is 2.90. The monoisotopic (exact) mass is 152 g/mol. The Kier molecular flexibility index (Phi) is 2.58. The first kappa shape index (κ1) is 7.43. The van der Waals surface area contributed by atoms with Crippen molar-refractivity contribution in [2.75, 3.05) is 6.66 Å². The molecule has 0 aromatic heterocycles. The fourth-order valence-corrected chi connectivity index (χ4v) is 1.19. The lowest BCUT2D eigenvalue weighted by molar-refractivity contribution is 0.108. The summed E-state index contributed by atoms with van der Waals surface area (Å²) in [6.07, 6.45) is 0. The van der Waals surface area contributed by atoms with Crippen LogP contribution in [0, 0.1) is 0 Å². The number of carbonyl (C=O) groups excluding carboxylic acids is 1. The largest absolute Gasteiger partial charge is 0.289 e. The van der Waals surface area contributed by atoms with E-state index < -0.39 is 0 Å². The first-order valence-electron chi connectivity index (χ1n) is 3.11. The zero-order valence-electron chi connectivity index (χ0n) is 5.79. The van der Waals surface area contributed by atoms with Gasteiger partial charge in [-0.2, -0.15) is 0 Å². The third-order valence-corrected chi connectivity index (χ3v) is 2.01. The molecule has 0 saturated carbocycles. The molecule has 0 saturated heterocycles. The lowest BCUT2D eigenvalue weighted by Gasteiger charge is -1.93. The highest BCUT2D eigenvalue weighted by Crippen LogP contribution is 2.13. The number of rotatable bonds is 2. The molecule has 1 aromatic rings. The summed E-state index contributed by atoms with van der Waals surface area (Å²) in [5.74, 6) is 0. The lowest BCUT2D eigenvalue weighted by atomic mass is 10.2. The molecular formula is C8H9OP. The maximum atomic E-state index is 11.0. The number of hydrogen-bond acceptors (Lipinski definition) is 1. The Labute approximate surface area is 62.2 Å². The van der Waals surface area contributed by atoms with E-state index in [1.165, 1.54) is 0 Å². The van der Waals surface area contributed by atoms with E-state index in [0.717, 1.165) is 5.56 Å². The van der Waals surface area contributed by atoms with Crippen LogP contribution in [-0.4, -0.2) is 12.2 Å². The van der Waals surface area contributed by atoms with E-state index in [1.54, 1.807) is 0 Å². The Hall–Kier alpha value is -0.680. The lowest BCUT2D eigenvalue weighted by Crippen LogP contribution is -1.87. The number of carbonyl (C=O) groups is 1. The van der Waals surface area contributed by atoms with E-state index >= 15 is 0 Å². The highest BCUT2D eigenvalue weighted by Gasteiger charge is 1.98. The quantitative estimate of drug-likeness (QED) is 0.593. The van der Waals surface area contributed by atoms with Gasteiger partial charge in [0.1, 0.15) is 0 Å². The molecule has 0 fully saturated rings. The highest BCUT2D eigenvalue weighted by atomic mass is 31.1. The van der Waals surface area contributed by atoms with Gasteiger partial charge in [-0.1, -0.05) is 30.3 Å². The van der Waals surface area contributed by atoms with Gasteiger partial charge in [0.05, 0.1) is 0 Å². The fourth-order valence-electron chi connectivity index (χ4n) is 0.734. The average Bonchev–Trinajstić information content (AvgIpc) is 2.05. The summed E-state index contributed by atoms with van der Waals surface area (Å²) in [5, 5.41) is 0. The van der Waals surface area contributed by atoms with Crippen molar-refractivity contribution < 1.29 is 4.79 Å². The van der Waals surface area contributed by atoms with Crippen molar-refractivity contribution in [3.05, 3.63) is 35.9 Å². The molecule has 1 aromatic carbocycles. The fraction of sp³-hybridized carbons (Fsp3) is 0.125. The molecule has 0 bridgehead atoms. The van der Waals surface area contributed by atoms with Crippen molar-refractivity contribution in [1.82, 2.24) is 0 Å². The molecule has 1 rings (SSSR count). The molecule has 0 radical (unpaired) electrons. The van der Waals surface area contributed by atoms with E-state index in [0.29, 0.717) is 8.58 Å². The molecule has 0 aliphatic rings. The summed E-state index contributed by atoms with van der Waals surface area (Å²) in [4.78, 5) is 11.0. The summed E-state index contributed by atoms with van der Waals surface area (Å²) in [6.45, 7) is 1.90. The van der Waals surface area contributed by atoms with Crippen molar-refractivity contribution in [2.24, 2.45) is 0 Å². The van der Waals surface area contributed by atoms with Gasteiger partial charge >= 0.3 is 0 Å². The minimum atomic E-state index is 0.237. The standard InChI is InChI=1S/C8H9OP/c1-10-8(9)7-5-3-2-4-6-7/h2-6,10H,1H3. The molecule has 0 aliphatic heterocycles. The van der Waals surface area contributed by atoms with Crippen LogP contribution >= 0.6 is 8.58 Å². The first-order valence-corrected chi connectivity index (χ1v) is 4.61. The van der Waals surface area contributed by atoms with Gasteiger partial charge in [0, 0.05) is 5.56 Å². The molecule has 1 nitrogen and oxygen atoms in total. The van der Waals surface area contributed by atoms with Crippen molar-refractivity contribution in [1.29, 1.82) is 0 Å². The van der Waals surface area contributed by atoms with Crippen LogP contribution in [-0.2, 0) is 0 Å². The van der Waals surface area contributed by atoms with E-state index in [2.05, 4.69) is 0 Å². The van der Waals surface area contributed by atoms with E-state index in [-0.39, 0.29) is 5.52 Å². The number of hydrogen-bond donors (Lipinski definition) is 0. The Morgan fingerprint density at radius 1 is 1.30 bits per heavy atom. The molecule has 0 N–H and O–H groups in total. The minimum Gasteiger partial charge on any atom is -0.289 e. The molecule has 0 amide bonds. The average molecular weight is 152 g/mol. The van der Waals surface area contributed by atoms with Gasteiger partial charge in [-0.15, -0.1) is 0 Å². The SMILES string of the molecule is CPC(=O)c1ccccc1. The first-order chi connectivity index (χ1) is 4.84. The van der Waals surface area contributed by atoms with Crippen LogP contribution in [0.3, 0.4) is 0 Å². The van der Waals surface area contributed by atoms with Crippen LogP contribution in [0.25, 0.3) is 0 Å². The van der Waals surface area contributed by atoms with Gasteiger partial charge in [-0.05, 0) is 15.2 Å². The van der Waals surface area contributed by atoms with Crippen LogP contribution in [0.2, 0.25) is 0 Å². The topological polar surface area (TPSA) is 17.1 Å². The predicted molar refractivity (Wildman–Crippen MR) is 45.0 cm³/mol. The van der Waals surface area contributed by atoms with Crippen LogP contribution < -0.4 is 0 Å². The minimum absolute atomic E-state index is 0.237. The van der Waals surface area contributed by atoms with Crippen LogP contribution in [0.15, 0.2) is 30.3 Å². The van der Waals surface area contributed by atoms with Gasteiger partial charge in [0.2, 0.25) is 0 Å². The Morgan fingerprint density at radius 2 is 1.90 bits per heavy atom. The van der Waals surface area contributed by atoms with Crippen molar-refractivity contribution in [3.8, 4) is 0 Å². The van der Waals surface area contributed by atoms with Crippen molar-refractivity contribution in [3.63, 3.8) is 0 Å². The molecule has 1 unspecified atom stereocenters. The molecule has 0 heterocycles. The maximum Gasteiger partial charge on any atom is 0.180 e. The molecule has 52 valence electrons. The third-order valence-electron chi connectivity index (χ3n) is 1.26. The maximum absolute atomic E-state index is 11.0. The molecule has 0 spiro atoms. The third kappa shape index (κ3) is 1.65. The summed E-state index contributed by atoms with van der Waals surface area (Å²) in [5.41, 5.74) is 1.06. The molecule has 1 atom stereocenters. The number of benzene rings is 1. The van der Waals surface area contributed by atoms with Gasteiger partial charge in [-0.25, -0.2) is 0 Å². The summed E-state index contributed by atoms with van der Waals surface area (Å²) in [6, 6.07) is 9.37. The van der Waals surface area contributed by atoms with E-state index in [4.69, 9.17) is 0 Å². The second-order valence-electron chi connectivity index (χ2n) is 1.95. The molecule has 0 aliphatic carbocycles. The summed E-state index contributed by atoms with van der Waals surface area (Å²) in [7, 11) is 0.370. The molecule has 10 heavy (non-hydrogen) atoms. The van der Waals surface area contributed by atoms with Crippen molar-refractivity contribution in [2.45, 2.75) is 0 Å². The van der Waals surface area contributed by atoms with Crippen molar-refractivity contribution >= 4 is 14.1 Å². The van der Waals surface area contributed by atoms with Gasteiger partial charge in [-0.3, -0.25) is 4.79 Å². The van der Waals surface area contributed by atoms with Gasteiger partial charge in [0.15, 0.2) is 5.52 Å². The second kappa shape index (κ2) is 3.48. The smallest absolute Gasteiger partial charge is 0.180 e. The predicted octanol–water partition coefficient (Wildman–Crippen LogP) is 2.14. The Morgan fingerprint density at radius 3 is 2.40 bits per heavy atom. The van der Waals surface area contributed by atoms with Crippen LogP contribution in [0.5, 0.6) is 0 Å². The van der Waals surface area contributed by atoms with E-state index in [1.807, 2.05) is 37.0 Å². The summed E-state index contributed by atoms with van der Waals surface area (Å²) < 4.78 is 0. The van der Waals surface area contributed by atoms with E-state index in [9.17, 15) is 4.79 Å². The molecular weight excluding hydrogens is 143 g/mol. The Bertz CT molecular complexity index is 218. The Balaban J connectivity index is 2.85. The zero-order valence-corrected chi connectivity index (χ0v) is 6.79. The van der Waals surface area contributed by atoms with Crippen LogP contribution in [0.4, 0.5) is 0 Å². The molecule has 2 heteroatoms. The zero-order chi connectivity index (χ0) is 7.40.